The van der Waals surface area contributed by atoms with Gasteiger partial charge in [0.2, 0.25) is 11.8 Å². The third-order valence-electron chi connectivity index (χ3n) is 10.5. The van der Waals surface area contributed by atoms with E-state index in [1.54, 1.807) is 6.07 Å². The van der Waals surface area contributed by atoms with Crippen LogP contribution < -0.4 is 10.2 Å². The number of nitrogens with one attached hydrogen (secondary N) is 1. The van der Waals surface area contributed by atoms with Crippen molar-refractivity contribution in [3.63, 3.8) is 0 Å². The Balaban J connectivity index is 1.04. The first kappa shape index (κ1) is 31.7. The largest absolute Gasteiger partial charge is 0.507 e. The predicted octanol–water partition coefficient (Wildman–Crippen LogP) is 8.12. The molecule has 2 aliphatic heterocycles. The Morgan fingerprint density at radius 3 is 2.20 bits per heavy atom. The Morgan fingerprint density at radius 2 is 1.46 bits per heavy atom. The summed E-state index contributed by atoms with van der Waals surface area (Å²) in [5.41, 5.74) is 7.39. The maximum atomic E-state index is 14.1. The molecular formula is C43H38N2O5. The number of phenols is 1. The number of allylic oxidation sites excluding steroid dienone is 1. The number of ether oxygens (including phenoxy) is 1. The van der Waals surface area contributed by atoms with Gasteiger partial charge in [0.15, 0.2) is 0 Å². The van der Waals surface area contributed by atoms with Gasteiger partial charge in [-0.05, 0) is 95.0 Å². The van der Waals surface area contributed by atoms with E-state index in [0.717, 1.165) is 50.0 Å². The molecule has 5 aromatic carbocycles. The first-order valence-electron chi connectivity index (χ1n) is 17.2. The Labute approximate surface area is 291 Å². The lowest BCUT2D eigenvalue weighted by molar-refractivity contribution is -0.122. The van der Waals surface area contributed by atoms with Gasteiger partial charge >= 0.3 is 0 Å². The van der Waals surface area contributed by atoms with E-state index in [1.165, 1.54) is 4.90 Å². The van der Waals surface area contributed by atoms with Gasteiger partial charge in [0, 0.05) is 22.7 Å². The van der Waals surface area contributed by atoms with E-state index in [0.29, 0.717) is 31.6 Å². The summed E-state index contributed by atoms with van der Waals surface area (Å²) in [5, 5.41) is 26.2. The van der Waals surface area contributed by atoms with Crippen molar-refractivity contribution in [3.8, 4) is 5.75 Å². The van der Waals surface area contributed by atoms with Crippen molar-refractivity contribution in [1.82, 2.24) is 0 Å². The number of nitrogens with zero attached hydrogens (tertiary/aromatic N) is 1. The highest BCUT2D eigenvalue weighted by molar-refractivity contribution is 6.22. The second-order valence-corrected chi connectivity index (χ2v) is 13.3. The van der Waals surface area contributed by atoms with Crippen LogP contribution in [0.2, 0.25) is 0 Å². The number of aliphatic hydroxyl groups excluding tert-OH is 1. The molecule has 0 bridgehead atoms. The molecule has 2 amide bonds. The van der Waals surface area contributed by atoms with Gasteiger partial charge in [-0.1, -0.05) is 84.9 Å². The molecule has 0 saturated carbocycles. The third kappa shape index (κ3) is 5.78. The highest BCUT2D eigenvalue weighted by Gasteiger charge is 2.57. The van der Waals surface area contributed by atoms with Gasteiger partial charge in [-0.15, -0.1) is 0 Å². The molecule has 5 aromatic rings. The second-order valence-electron chi connectivity index (χ2n) is 13.3. The number of aromatic hydroxyl groups is 1. The normalized spacial score (nSPS) is 21.9. The van der Waals surface area contributed by atoms with Crippen LogP contribution in [0.3, 0.4) is 0 Å². The summed E-state index contributed by atoms with van der Waals surface area (Å²) in [4.78, 5) is 29.3. The van der Waals surface area contributed by atoms with Crippen LogP contribution in [-0.2, 0) is 14.3 Å². The summed E-state index contributed by atoms with van der Waals surface area (Å²) in [7, 11) is 0. The smallest absolute Gasteiger partial charge is 0.238 e. The molecule has 2 heterocycles. The number of benzene rings is 5. The Bertz CT molecular complexity index is 2120. The molecule has 4 atom stereocenters. The fraction of sp³-hybridized carbons (Fsp3) is 0.209. The number of imide groups is 1. The van der Waals surface area contributed by atoms with Crippen LogP contribution in [0, 0.1) is 17.8 Å². The van der Waals surface area contributed by atoms with Crippen LogP contribution in [0.5, 0.6) is 5.75 Å². The van der Waals surface area contributed by atoms with E-state index < -0.39 is 11.8 Å². The first-order chi connectivity index (χ1) is 24.5. The van der Waals surface area contributed by atoms with E-state index >= 15 is 0 Å². The van der Waals surface area contributed by atoms with E-state index in [2.05, 4.69) is 23.5 Å². The molecule has 7 nitrogen and oxygen atoms in total. The standard InChI is InChI=1S/C43H38N2O5/c46-25-30-24-36-41(43(49)45(42(36)48)33-19-17-32(18-20-33)44-31-11-5-2-6-12-31)37-26-50-39(40(30)37)22-16-28(27-9-3-1-4-10-27)23-29-15-21-38(47)35-14-8-7-13-34(29)35/h1-15,17-21,23,36-37,39,41,44,46-47H,16,22,24-26H2/b28-23-/t36-,37+,39-,41-/m1/s1. The molecule has 0 aromatic heterocycles. The molecule has 1 aliphatic carbocycles. The summed E-state index contributed by atoms with van der Waals surface area (Å²) in [6.07, 6.45) is 3.61. The fourth-order valence-electron chi connectivity index (χ4n) is 8.11. The van der Waals surface area contributed by atoms with Crippen molar-refractivity contribution in [2.75, 3.05) is 23.4 Å². The molecular weight excluding hydrogens is 624 g/mol. The van der Waals surface area contributed by atoms with Crippen molar-refractivity contribution in [2.24, 2.45) is 17.8 Å². The summed E-state index contributed by atoms with van der Waals surface area (Å²) < 4.78 is 6.44. The van der Waals surface area contributed by atoms with Gasteiger partial charge in [0.25, 0.3) is 0 Å². The van der Waals surface area contributed by atoms with Gasteiger partial charge in [0.05, 0.1) is 36.8 Å². The lowest BCUT2D eigenvalue weighted by Gasteiger charge is -2.31. The van der Waals surface area contributed by atoms with E-state index in [-0.39, 0.29) is 36.2 Å². The van der Waals surface area contributed by atoms with Gasteiger partial charge in [0.1, 0.15) is 5.75 Å². The molecule has 0 spiro atoms. The maximum Gasteiger partial charge on any atom is 0.238 e. The number of fused-ring (bicyclic) bond motifs is 4. The number of hydrogen-bond acceptors (Lipinski definition) is 6. The molecule has 2 saturated heterocycles. The van der Waals surface area contributed by atoms with E-state index in [9.17, 15) is 19.8 Å². The highest BCUT2D eigenvalue weighted by Crippen LogP contribution is 2.50. The lowest BCUT2D eigenvalue weighted by Crippen LogP contribution is -2.35. The highest BCUT2D eigenvalue weighted by atomic mass is 16.5. The number of carbonyl (C=O) groups excluding carboxylic acids is 2. The summed E-state index contributed by atoms with van der Waals surface area (Å²) >= 11 is 0. The topological polar surface area (TPSA) is 99.1 Å². The summed E-state index contributed by atoms with van der Waals surface area (Å²) in [5.74, 6) is -1.47. The maximum absolute atomic E-state index is 14.1. The molecule has 3 aliphatic rings. The number of para-hydroxylation sites is 1. The van der Waals surface area contributed by atoms with Gasteiger partial charge < -0.3 is 20.3 Å². The zero-order valence-corrected chi connectivity index (χ0v) is 27.5. The number of phenolic OH excluding ortho intramolecular Hbond substituents is 1. The second kappa shape index (κ2) is 13.4. The predicted molar refractivity (Wildman–Crippen MR) is 197 cm³/mol. The number of amides is 2. The number of rotatable bonds is 9. The minimum absolute atomic E-state index is 0.170. The minimum atomic E-state index is -0.523. The fourth-order valence-corrected chi connectivity index (χ4v) is 8.11. The molecule has 50 heavy (non-hydrogen) atoms. The first-order valence-corrected chi connectivity index (χ1v) is 17.2. The Hall–Kier alpha value is -5.50. The van der Waals surface area contributed by atoms with Gasteiger partial charge in [-0.25, -0.2) is 0 Å². The molecule has 8 rings (SSSR count). The quantitative estimate of drug-likeness (QED) is 0.0838. The number of aliphatic hydroxyl groups is 1. The van der Waals surface area contributed by atoms with Crippen LogP contribution in [-0.4, -0.2) is 41.3 Å². The summed E-state index contributed by atoms with van der Waals surface area (Å²) in [6, 6.07) is 38.9. The monoisotopic (exact) mass is 662 g/mol. The van der Waals surface area contributed by atoms with Crippen molar-refractivity contribution in [2.45, 2.75) is 25.4 Å². The van der Waals surface area contributed by atoms with Crippen LogP contribution in [0.15, 0.2) is 132 Å². The third-order valence-corrected chi connectivity index (χ3v) is 10.5. The molecule has 250 valence electrons. The van der Waals surface area contributed by atoms with Gasteiger partial charge in [-0.3, -0.25) is 14.5 Å². The number of carbonyl (C=O) groups is 2. The molecule has 7 heteroatoms. The van der Waals surface area contributed by atoms with E-state index in [4.69, 9.17) is 4.74 Å². The minimum Gasteiger partial charge on any atom is -0.507 e. The average molecular weight is 663 g/mol. The van der Waals surface area contributed by atoms with Crippen molar-refractivity contribution in [3.05, 3.63) is 144 Å². The zero-order chi connectivity index (χ0) is 34.2. The molecule has 0 radical (unpaired) electrons. The lowest BCUT2D eigenvalue weighted by atomic mass is 9.69. The Morgan fingerprint density at radius 1 is 0.780 bits per heavy atom. The van der Waals surface area contributed by atoms with Crippen LogP contribution >= 0.6 is 0 Å². The summed E-state index contributed by atoms with van der Waals surface area (Å²) in [6.45, 7) is 0.168. The molecule has 3 N–H and O–H groups in total. The average Bonchev–Trinajstić information content (AvgIpc) is 3.69. The van der Waals surface area contributed by atoms with Crippen LogP contribution in [0.25, 0.3) is 22.4 Å². The molecule has 0 unspecified atom stereocenters. The number of hydrogen-bond donors (Lipinski definition) is 3. The van der Waals surface area contributed by atoms with Crippen molar-refractivity contribution < 1.29 is 24.5 Å². The molecule has 2 fully saturated rings. The Kier molecular flexibility index (Phi) is 8.53. The van der Waals surface area contributed by atoms with E-state index in [1.807, 2.05) is 103 Å². The van der Waals surface area contributed by atoms with Crippen molar-refractivity contribution in [1.29, 1.82) is 0 Å². The zero-order valence-electron chi connectivity index (χ0n) is 27.5. The number of anilines is 3. The van der Waals surface area contributed by atoms with Crippen LogP contribution in [0.4, 0.5) is 17.1 Å². The van der Waals surface area contributed by atoms with Crippen LogP contribution in [0.1, 0.15) is 30.4 Å². The van der Waals surface area contributed by atoms with Gasteiger partial charge in [-0.2, -0.15) is 0 Å². The van der Waals surface area contributed by atoms with Crippen molar-refractivity contribution >= 4 is 51.3 Å². The SMILES string of the molecule is O=C1[C@@H]2[C@@H](CC(CO)=C3[C@@H](CC/C(=C/c4ccc(O)c5ccccc45)c4ccccc4)OC[C@@H]32)C(=O)N1c1ccc(Nc2ccccc2)cc1.